The van der Waals surface area contributed by atoms with E-state index in [4.69, 9.17) is 10.00 Å². The number of hydrogen-bond donors (Lipinski definition) is 1. The number of nitriles is 1. The number of hydrogen-bond acceptors (Lipinski definition) is 3. The van der Waals surface area contributed by atoms with E-state index < -0.39 is 11.9 Å². The Morgan fingerprint density at radius 2 is 2.04 bits per heavy atom. The summed E-state index contributed by atoms with van der Waals surface area (Å²) in [6.45, 7) is 0.442. The van der Waals surface area contributed by atoms with E-state index in [1.165, 1.54) is 6.07 Å². The van der Waals surface area contributed by atoms with Crippen LogP contribution in [0.5, 0.6) is 0 Å². The molecule has 0 bridgehead atoms. The van der Waals surface area contributed by atoms with Crippen LogP contribution in [-0.4, -0.2) is 12.6 Å². The van der Waals surface area contributed by atoms with E-state index in [1.807, 2.05) is 36.4 Å². The maximum absolute atomic E-state index is 13.2. The predicted molar refractivity (Wildman–Crippen MR) is 84.8 cm³/mol. The molecule has 0 fully saturated rings. The highest BCUT2D eigenvalue weighted by Crippen LogP contribution is 2.09. The highest BCUT2D eigenvalue weighted by molar-refractivity contribution is 5.67. The van der Waals surface area contributed by atoms with Crippen LogP contribution in [0.3, 0.4) is 0 Å². The predicted octanol–water partition coefficient (Wildman–Crippen LogP) is 3.64. The summed E-state index contributed by atoms with van der Waals surface area (Å²) in [6.07, 6.45) is 2.75. The quantitative estimate of drug-likeness (QED) is 0.917. The number of rotatable bonds is 5. The molecule has 1 N–H and O–H groups in total. The van der Waals surface area contributed by atoms with Gasteiger partial charge >= 0.3 is 6.09 Å². The first-order valence-electron chi connectivity index (χ1n) is 6.99. The fourth-order valence-corrected chi connectivity index (χ4v) is 1.88. The van der Waals surface area contributed by atoms with Crippen molar-refractivity contribution in [1.29, 1.82) is 5.26 Å². The average molecular weight is 310 g/mol. The second-order valence-corrected chi connectivity index (χ2v) is 4.73. The molecule has 0 unspecified atom stereocenters. The molecule has 0 aliphatic rings. The van der Waals surface area contributed by atoms with Gasteiger partial charge in [0.05, 0.1) is 11.6 Å². The number of nitrogens with one attached hydrogen (secondary N) is 1. The van der Waals surface area contributed by atoms with Crippen molar-refractivity contribution in [3.05, 3.63) is 77.1 Å². The largest absolute Gasteiger partial charge is 0.445 e. The van der Waals surface area contributed by atoms with Gasteiger partial charge in [-0.05, 0) is 29.3 Å². The van der Waals surface area contributed by atoms with Crippen LogP contribution >= 0.6 is 0 Å². The van der Waals surface area contributed by atoms with Crippen molar-refractivity contribution >= 4 is 12.2 Å². The zero-order valence-corrected chi connectivity index (χ0v) is 12.3. The van der Waals surface area contributed by atoms with Crippen molar-refractivity contribution < 1.29 is 13.9 Å². The lowest BCUT2D eigenvalue weighted by molar-refractivity contribution is 0.141. The molecule has 0 aliphatic heterocycles. The van der Waals surface area contributed by atoms with E-state index in [-0.39, 0.29) is 18.7 Å². The summed E-state index contributed by atoms with van der Waals surface area (Å²) in [5.41, 5.74) is 1.71. The van der Waals surface area contributed by atoms with Crippen LogP contribution in [0.2, 0.25) is 0 Å². The lowest BCUT2D eigenvalue weighted by Gasteiger charge is -2.05. The van der Waals surface area contributed by atoms with Gasteiger partial charge in [0.15, 0.2) is 0 Å². The minimum Gasteiger partial charge on any atom is -0.445 e. The Hall–Kier alpha value is -3.13. The summed E-state index contributed by atoms with van der Waals surface area (Å²) in [5, 5.41) is 11.3. The molecule has 0 saturated heterocycles. The average Bonchev–Trinajstić information content (AvgIpc) is 2.57. The van der Waals surface area contributed by atoms with Gasteiger partial charge in [0.2, 0.25) is 0 Å². The van der Waals surface area contributed by atoms with Gasteiger partial charge in [-0.2, -0.15) is 5.26 Å². The van der Waals surface area contributed by atoms with Gasteiger partial charge in [-0.1, -0.05) is 42.5 Å². The van der Waals surface area contributed by atoms with Crippen molar-refractivity contribution in [3.8, 4) is 6.07 Å². The summed E-state index contributed by atoms with van der Waals surface area (Å²) >= 11 is 0. The molecule has 0 radical (unpaired) electrons. The Morgan fingerprint density at radius 3 is 2.78 bits per heavy atom. The molecule has 0 atom stereocenters. The molecule has 2 rings (SSSR count). The Labute approximate surface area is 133 Å². The number of benzene rings is 2. The highest BCUT2D eigenvalue weighted by Gasteiger charge is 2.01. The minimum atomic E-state index is -0.532. The van der Waals surface area contributed by atoms with Crippen LogP contribution < -0.4 is 5.32 Å². The van der Waals surface area contributed by atoms with Gasteiger partial charge in [0.25, 0.3) is 0 Å². The van der Waals surface area contributed by atoms with Crippen LogP contribution in [0.1, 0.15) is 16.7 Å². The number of ether oxygens (including phenoxy) is 1. The van der Waals surface area contributed by atoms with Crippen molar-refractivity contribution in [1.82, 2.24) is 5.32 Å². The molecule has 116 valence electrons. The molecule has 23 heavy (non-hydrogen) atoms. The first-order chi connectivity index (χ1) is 11.2. The highest BCUT2D eigenvalue weighted by atomic mass is 19.1. The molecule has 0 heterocycles. The maximum Gasteiger partial charge on any atom is 0.407 e. The summed E-state index contributed by atoms with van der Waals surface area (Å²) in [5.74, 6) is -0.473. The number of carbonyl (C=O) groups excluding carboxylic acids is 1. The standard InChI is InChI=1S/C18H15FN2O2/c19-17-10-15(9-16(11-17)12-20)7-4-8-21-18(22)23-13-14-5-2-1-3-6-14/h1-7,9-11H,8,13H2,(H,21,22). The van der Waals surface area contributed by atoms with E-state index in [2.05, 4.69) is 5.32 Å². The molecule has 1 amide bonds. The van der Waals surface area contributed by atoms with Gasteiger partial charge in [0, 0.05) is 6.54 Å². The monoisotopic (exact) mass is 310 g/mol. The molecule has 0 spiro atoms. The Balaban J connectivity index is 1.77. The molecule has 0 aliphatic carbocycles. The third kappa shape index (κ3) is 5.64. The summed E-state index contributed by atoms with van der Waals surface area (Å²) in [7, 11) is 0. The Kier molecular flexibility index (Phi) is 5.89. The second-order valence-electron chi connectivity index (χ2n) is 4.73. The van der Waals surface area contributed by atoms with E-state index in [9.17, 15) is 9.18 Å². The smallest absolute Gasteiger partial charge is 0.407 e. The number of amides is 1. The fourth-order valence-electron chi connectivity index (χ4n) is 1.88. The number of alkyl carbamates (subject to hydrolysis) is 1. The van der Waals surface area contributed by atoms with Gasteiger partial charge < -0.3 is 10.1 Å². The van der Waals surface area contributed by atoms with Crippen molar-refractivity contribution in [2.45, 2.75) is 6.61 Å². The number of nitrogens with zero attached hydrogens (tertiary/aromatic N) is 1. The summed E-state index contributed by atoms with van der Waals surface area (Å²) in [4.78, 5) is 11.5. The SMILES string of the molecule is N#Cc1cc(F)cc(C=CCNC(=O)OCc2ccccc2)c1. The third-order valence-corrected chi connectivity index (χ3v) is 2.94. The zero-order valence-electron chi connectivity index (χ0n) is 12.3. The normalized spacial score (nSPS) is 10.3. The van der Waals surface area contributed by atoms with E-state index in [0.717, 1.165) is 11.6 Å². The zero-order chi connectivity index (χ0) is 16.5. The van der Waals surface area contributed by atoms with E-state index in [1.54, 1.807) is 18.2 Å². The van der Waals surface area contributed by atoms with E-state index >= 15 is 0 Å². The van der Waals surface area contributed by atoms with Crippen LogP contribution in [0.4, 0.5) is 9.18 Å². The third-order valence-electron chi connectivity index (χ3n) is 2.94. The lowest BCUT2D eigenvalue weighted by Crippen LogP contribution is -2.24. The molecule has 4 nitrogen and oxygen atoms in total. The Morgan fingerprint density at radius 1 is 1.26 bits per heavy atom. The van der Waals surface area contributed by atoms with Crippen LogP contribution in [0.15, 0.2) is 54.6 Å². The van der Waals surface area contributed by atoms with Crippen LogP contribution in [0.25, 0.3) is 6.08 Å². The molecule has 0 aromatic heterocycles. The fraction of sp³-hybridized carbons (Fsp3) is 0.111. The molecular weight excluding hydrogens is 295 g/mol. The van der Waals surface area contributed by atoms with Crippen molar-refractivity contribution in [3.63, 3.8) is 0 Å². The van der Waals surface area contributed by atoms with Gasteiger partial charge in [0.1, 0.15) is 12.4 Å². The van der Waals surface area contributed by atoms with Gasteiger partial charge in [-0.15, -0.1) is 0 Å². The Bertz CT molecular complexity index is 736. The minimum absolute atomic E-state index is 0.200. The summed E-state index contributed by atoms with van der Waals surface area (Å²) < 4.78 is 18.3. The van der Waals surface area contributed by atoms with Crippen LogP contribution in [-0.2, 0) is 11.3 Å². The van der Waals surface area contributed by atoms with Gasteiger partial charge in [-0.25, -0.2) is 9.18 Å². The number of carbonyl (C=O) groups is 1. The lowest BCUT2D eigenvalue weighted by atomic mass is 10.1. The number of halogens is 1. The molecular formula is C18H15FN2O2. The topological polar surface area (TPSA) is 62.1 Å². The van der Waals surface area contributed by atoms with Gasteiger partial charge in [-0.3, -0.25) is 0 Å². The van der Waals surface area contributed by atoms with Crippen molar-refractivity contribution in [2.24, 2.45) is 0 Å². The maximum atomic E-state index is 13.2. The molecule has 2 aromatic rings. The van der Waals surface area contributed by atoms with Crippen molar-refractivity contribution in [2.75, 3.05) is 6.54 Å². The summed E-state index contributed by atoms with van der Waals surface area (Å²) in [6, 6.07) is 15.3. The molecule has 2 aromatic carbocycles. The molecule has 5 heteroatoms. The van der Waals surface area contributed by atoms with E-state index in [0.29, 0.717) is 5.56 Å². The second kappa shape index (κ2) is 8.35. The van der Waals surface area contributed by atoms with Crippen LogP contribution in [0, 0.1) is 17.1 Å². The first kappa shape index (κ1) is 16.2. The first-order valence-corrected chi connectivity index (χ1v) is 6.99. The molecule has 0 saturated carbocycles.